The van der Waals surface area contributed by atoms with Crippen LogP contribution in [-0.2, 0) is 10.0 Å². The van der Waals surface area contributed by atoms with Crippen LogP contribution in [0.3, 0.4) is 0 Å². The van der Waals surface area contributed by atoms with Crippen molar-refractivity contribution >= 4 is 38.6 Å². The first-order valence-corrected chi connectivity index (χ1v) is 10.4. The van der Waals surface area contributed by atoms with E-state index in [0.717, 1.165) is 33.3 Å². The van der Waals surface area contributed by atoms with Crippen LogP contribution in [0.5, 0.6) is 0 Å². The van der Waals surface area contributed by atoms with Gasteiger partial charge in [0.1, 0.15) is 9.77 Å². The van der Waals surface area contributed by atoms with Crippen LogP contribution in [0.4, 0.5) is 20.2 Å². The monoisotopic (exact) mass is 422 g/mol. The number of rotatable bonds is 5. The van der Waals surface area contributed by atoms with Crippen LogP contribution in [-0.4, -0.2) is 21.4 Å². The number of nitrogens with zero attached hydrogens (tertiary/aromatic N) is 1. The van der Waals surface area contributed by atoms with Gasteiger partial charge in [0, 0.05) is 18.8 Å². The van der Waals surface area contributed by atoms with E-state index in [1.165, 1.54) is 24.6 Å². The Balaban J connectivity index is 1.90. The molecule has 0 fully saturated rings. The Hall–Kier alpha value is -2.78. The quantitative estimate of drug-likeness (QED) is 0.662. The third-order valence-corrected chi connectivity index (χ3v) is 6.92. The van der Waals surface area contributed by atoms with E-state index in [0.29, 0.717) is 5.69 Å². The number of hydrogen-bond acceptors (Lipinski definition) is 4. The second-order valence-corrected chi connectivity index (χ2v) is 8.86. The number of hydrogen-bond donors (Lipinski definition) is 1. The zero-order chi connectivity index (χ0) is 20.5. The molecule has 0 saturated heterocycles. The maximum Gasteiger partial charge on any atom is 0.267 e. The molecule has 0 radical (unpaired) electrons. The molecule has 0 bridgehead atoms. The van der Waals surface area contributed by atoms with Crippen LogP contribution in [0, 0.1) is 18.6 Å². The first kappa shape index (κ1) is 20.0. The molecule has 1 N–H and O–H groups in total. The summed E-state index contributed by atoms with van der Waals surface area (Å²) in [6.45, 7) is 1.89. The summed E-state index contributed by atoms with van der Waals surface area (Å²) in [6, 6.07) is 11.1. The molecule has 9 heteroatoms. The largest absolute Gasteiger partial charge is 0.321 e. The molecule has 0 aliphatic carbocycles. The Morgan fingerprint density at radius 1 is 1.04 bits per heavy atom. The number of aryl methyl sites for hydroxylation is 1. The lowest BCUT2D eigenvalue weighted by atomic mass is 10.2. The molecule has 1 heterocycles. The van der Waals surface area contributed by atoms with Crippen molar-refractivity contribution < 1.29 is 22.0 Å². The van der Waals surface area contributed by atoms with Gasteiger partial charge in [0.15, 0.2) is 11.6 Å². The highest BCUT2D eigenvalue weighted by molar-refractivity contribution is 7.93. The van der Waals surface area contributed by atoms with Crippen molar-refractivity contribution in [1.29, 1.82) is 0 Å². The van der Waals surface area contributed by atoms with Crippen LogP contribution >= 0.6 is 11.3 Å². The van der Waals surface area contributed by atoms with Crippen molar-refractivity contribution in [3.63, 3.8) is 0 Å². The van der Waals surface area contributed by atoms with Gasteiger partial charge in [0.25, 0.3) is 15.9 Å². The molecule has 3 rings (SSSR count). The molecule has 0 atom stereocenters. The molecule has 0 aliphatic heterocycles. The minimum Gasteiger partial charge on any atom is -0.321 e. The normalized spacial score (nSPS) is 11.3. The minimum atomic E-state index is -4.00. The molecule has 2 aromatic carbocycles. The van der Waals surface area contributed by atoms with E-state index in [4.69, 9.17) is 0 Å². The zero-order valence-corrected chi connectivity index (χ0v) is 16.6. The summed E-state index contributed by atoms with van der Waals surface area (Å²) < 4.78 is 53.5. The number of carbonyl (C=O) groups excluding carboxylic acids is 1. The third-order valence-electron chi connectivity index (χ3n) is 4.05. The van der Waals surface area contributed by atoms with Crippen molar-refractivity contribution in [3.8, 4) is 0 Å². The number of sulfonamides is 1. The molecule has 146 valence electrons. The van der Waals surface area contributed by atoms with E-state index < -0.39 is 27.6 Å². The molecule has 0 spiro atoms. The predicted octanol–water partition coefficient (Wildman–Crippen LogP) is 4.41. The lowest BCUT2D eigenvalue weighted by Gasteiger charge is -2.19. The highest BCUT2D eigenvalue weighted by Crippen LogP contribution is 2.29. The average Bonchev–Trinajstić information content (AvgIpc) is 3.16. The summed E-state index contributed by atoms with van der Waals surface area (Å²) in [7, 11) is -2.60. The summed E-state index contributed by atoms with van der Waals surface area (Å²) in [5.41, 5.74) is 1.45. The Labute approximate surface area is 165 Å². The molecule has 3 aromatic rings. The fourth-order valence-corrected chi connectivity index (χ4v) is 4.96. The number of benzene rings is 2. The number of thiophene rings is 1. The lowest BCUT2D eigenvalue weighted by Crippen LogP contribution is -2.28. The molecular formula is C19H16F2N2O3S2. The van der Waals surface area contributed by atoms with Crippen molar-refractivity contribution in [1.82, 2.24) is 0 Å². The van der Waals surface area contributed by atoms with E-state index in [9.17, 15) is 22.0 Å². The first-order chi connectivity index (χ1) is 13.2. The number of halogens is 2. The average molecular weight is 422 g/mol. The van der Waals surface area contributed by atoms with E-state index >= 15 is 0 Å². The van der Waals surface area contributed by atoms with Gasteiger partial charge in [-0.25, -0.2) is 17.2 Å². The van der Waals surface area contributed by atoms with Crippen molar-refractivity contribution in [2.45, 2.75) is 11.8 Å². The Morgan fingerprint density at radius 3 is 2.36 bits per heavy atom. The SMILES string of the molecule is Cc1ccc(N(C)S(=O)(=O)c2ccsc2C(=O)Nc2ccc(F)c(F)c2)cc1. The van der Waals surface area contributed by atoms with Gasteiger partial charge in [-0.05, 0) is 42.6 Å². The van der Waals surface area contributed by atoms with Crippen molar-refractivity contribution in [2.24, 2.45) is 0 Å². The van der Waals surface area contributed by atoms with E-state index in [2.05, 4.69) is 5.32 Å². The smallest absolute Gasteiger partial charge is 0.267 e. The van der Waals surface area contributed by atoms with Crippen LogP contribution in [0.25, 0.3) is 0 Å². The summed E-state index contributed by atoms with van der Waals surface area (Å²) in [5, 5.41) is 3.88. The van der Waals surface area contributed by atoms with Crippen LogP contribution in [0.15, 0.2) is 58.8 Å². The Kier molecular flexibility index (Phi) is 5.48. The van der Waals surface area contributed by atoms with Gasteiger partial charge in [-0.3, -0.25) is 9.10 Å². The van der Waals surface area contributed by atoms with Crippen LogP contribution < -0.4 is 9.62 Å². The summed E-state index contributed by atoms with van der Waals surface area (Å²) in [4.78, 5) is 12.3. The van der Waals surface area contributed by atoms with Gasteiger partial charge in [-0.15, -0.1) is 11.3 Å². The van der Waals surface area contributed by atoms with Gasteiger partial charge >= 0.3 is 0 Å². The van der Waals surface area contributed by atoms with Gasteiger partial charge in [-0.2, -0.15) is 0 Å². The van der Waals surface area contributed by atoms with Gasteiger partial charge < -0.3 is 5.32 Å². The summed E-state index contributed by atoms with van der Waals surface area (Å²) in [6.07, 6.45) is 0. The maximum atomic E-state index is 13.3. The second kappa shape index (κ2) is 7.69. The number of anilines is 2. The minimum absolute atomic E-state index is 0.0209. The van der Waals surface area contributed by atoms with Crippen LogP contribution in [0.2, 0.25) is 0 Å². The molecule has 5 nitrogen and oxygen atoms in total. The lowest BCUT2D eigenvalue weighted by molar-refractivity contribution is 0.102. The fraction of sp³-hybridized carbons (Fsp3) is 0.105. The van der Waals surface area contributed by atoms with E-state index in [-0.39, 0.29) is 15.5 Å². The maximum absolute atomic E-state index is 13.3. The molecular weight excluding hydrogens is 406 g/mol. The summed E-state index contributed by atoms with van der Waals surface area (Å²) in [5.74, 6) is -2.88. The second-order valence-electron chi connectivity index (χ2n) is 6.01. The highest BCUT2D eigenvalue weighted by atomic mass is 32.2. The highest BCUT2D eigenvalue weighted by Gasteiger charge is 2.28. The van der Waals surface area contributed by atoms with Crippen molar-refractivity contribution in [2.75, 3.05) is 16.7 Å². The number of carbonyl (C=O) groups is 1. The molecule has 1 amide bonds. The number of nitrogens with one attached hydrogen (secondary N) is 1. The molecule has 28 heavy (non-hydrogen) atoms. The topological polar surface area (TPSA) is 66.5 Å². The van der Waals surface area contributed by atoms with Gasteiger partial charge in [-0.1, -0.05) is 17.7 Å². The standard InChI is InChI=1S/C19H16F2N2O3S2/c1-12-3-6-14(7-4-12)23(2)28(25,26)17-9-10-27-18(17)19(24)22-13-5-8-15(20)16(21)11-13/h3-11H,1-2H3,(H,22,24). The summed E-state index contributed by atoms with van der Waals surface area (Å²) >= 11 is 0.940. The Bertz CT molecular complexity index is 1130. The van der Waals surface area contributed by atoms with Gasteiger partial charge in [0.05, 0.1) is 5.69 Å². The molecule has 1 aromatic heterocycles. The third kappa shape index (κ3) is 3.90. The van der Waals surface area contributed by atoms with E-state index in [1.807, 2.05) is 6.92 Å². The molecule has 0 unspecified atom stereocenters. The Morgan fingerprint density at radius 2 is 1.71 bits per heavy atom. The molecule has 0 aliphatic rings. The zero-order valence-electron chi connectivity index (χ0n) is 14.9. The van der Waals surface area contributed by atoms with Crippen molar-refractivity contribution in [3.05, 3.63) is 76.0 Å². The first-order valence-electron chi connectivity index (χ1n) is 8.09. The van der Waals surface area contributed by atoms with Gasteiger partial charge in [0.2, 0.25) is 0 Å². The van der Waals surface area contributed by atoms with Crippen LogP contribution in [0.1, 0.15) is 15.2 Å². The van der Waals surface area contributed by atoms with E-state index in [1.54, 1.807) is 24.3 Å². The molecule has 0 saturated carbocycles. The fourth-order valence-electron chi connectivity index (χ4n) is 2.47. The predicted molar refractivity (Wildman–Crippen MR) is 105 cm³/mol. The number of amides is 1.